The standard InChI is InChI=1S/C21H27NO2/c1-16(2)19-11-7-8-12-20(19)24-15-21(23)22-17(3)13-14-18-9-5-4-6-10-18/h4-12,16-17H,13-15H2,1-3H3,(H,22,23)/t17-/m0/s1. The van der Waals surface area contributed by atoms with Crippen molar-refractivity contribution in [1.82, 2.24) is 5.32 Å². The number of ether oxygens (including phenoxy) is 1. The van der Waals surface area contributed by atoms with Crippen LogP contribution in [0.5, 0.6) is 5.75 Å². The van der Waals surface area contributed by atoms with Crippen LogP contribution in [-0.4, -0.2) is 18.6 Å². The number of hydrogen-bond donors (Lipinski definition) is 1. The summed E-state index contributed by atoms with van der Waals surface area (Å²) in [5.74, 6) is 1.09. The lowest BCUT2D eigenvalue weighted by Crippen LogP contribution is -2.36. The highest BCUT2D eigenvalue weighted by Crippen LogP contribution is 2.25. The van der Waals surface area contributed by atoms with E-state index in [0.717, 1.165) is 24.2 Å². The van der Waals surface area contributed by atoms with Crippen LogP contribution in [0.1, 0.15) is 44.2 Å². The molecule has 3 nitrogen and oxygen atoms in total. The number of carbonyl (C=O) groups excluding carboxylic acids is 1. The van der Waals surface area contributed by atoms with E-state index < -0.39 is 0 Å². The zero-order chi connectivity index (χ0) is 17.4. The van der Waals surface area contributed by atoms with Gasteiger partial charge in [0.25, 0.3) is 5.91 Å². The van der Waals surface area contributed by atoms with Gasteiger partial charge in [-0.3, -0.25) is 4.79 Å². The van der Waals surface area contributed by atoms with Gasteiger partial charge in [0.05, 0.1) is 0 Å². The van der Waals surface area contributed by atoms with Gasteiger partial charge in [0.2, 0.25) is 0 Å². The van der Waals surface area contributed by atoms with Crippen molar-refractivity contribution in [3.63, 3.8) is 0 Å². The summed E-state index contributed by atoms with van der Waals surface area (Å²) >= 11 is 0. The Hall–Kier alpha value is -2.29. The van der Waals surface area contributed by atoms with E-state index in [1.165, 1.54) is 5.56 Å². The summed E-state index contributed by atoms with van der Waals surface area (Å²) in [6.07, 6.45) is 1.87. The highest BCUT2D eigenvalue weighted by Gasteiger charge is 2.11. The van der Waals surface area contributed by atoms with Crippen molar-refractivity contribution in [2.75, 3.05) is 6.61 Å². The van der Waals surface area contributed by atoms with Gasteiger partial charge in [0, 0.05) is 6.04 Å². The van der Waals surface area contributed by atoms with Crippen molar-refractivity contribution in [3.8, 4) is 5.75 Å². The van der Waals surface area contributed by atoms with Gasteiger partial charge in [-0.2, -0.15) is 0 Å². The van der Waals surface area contributed by atoms with Gasteiger partial charge in [-0.15, -0.1) is 0 Å². The molecule has 0 heterocycles. The quantitative estimate of drug-likeness (QED) is 0.784. The lowest BCUT2D eigenvalue weighted by Gasteiger charge is -2.16. The molecule has 1 amide bonds. The van der Waals surface area contributed by atoms with Crippen molar-refractivity contribution in [3.05, 3.63) is 65.7 Å². The summed E-state index contributed by atoms with van der Waals surface area (Å²) in [4.78, 5) is 12.1. The molecule has 0 aromatic heterocycles. The summed E-state index contributed by atoms with van der Waals surface area (Å²) in [5.41, 5.74) is 2.42. The first-order valence-corrected chi connectivity index (χ1v) is 8.61. The maximum absolute atomic E-state index is 12.1. The second kappa shape index (κ2) is 9.11. The molecule has 0 radical (unpaired) electrons. The van der Waals surface area contributed by atoms with E-state index in [1.54, 1.807) is 0 Å². The third-order valence-electron chi connectivity index (χ3n) is 4.02. The fourth-order valence-corrected chi connectivity index (χ4v) is 2.65. The zero-order valence-corrected chi connectivity index (χ0v) is 14.8. The molecule has 0 aliphatic rings. The van der Waals surface area contributed by atoms with E-state index in [-0.39, 0.29) is 18.6 Å². The molecule has 128 valence electrons. The molecule has 2 aromatic carbocycles. The van der Waals surface area contributed by atoms with Crippen LogP contribution in [0.15, 0.2) is 54.6 Å². The number of carbonyl (C=O) groups is 1. The third-order valence-corrected chi connectivity index (χ3v) is 4.02. The van der Waals surface area contributed by atoms with Crippen molar-refractivity contribution >= 4 is 5.91 Å². The number of nitrogens with one attached hydrogen (secondary N) is 1. The van der Waals surface area contributed by atoms with E-state index in [4.69, 9.17) is 4.74 Å². The molecule has 2 rings (SSSR count). The Morgan fingerprint density at radius 1 is 1.00 bits per heavy atom. The minimum atomic E-state index is -0.0749. The molecule has 0 unspecified atom stereocenters. The average molecular weight is 325 g/mol. The maximum Gasteiger partial charge on any atom is 0.258 e. The summed E-state index contributed by atoms with van der Waals surface area (Å²) in [5, 5.41) is 3.01. The number of benzene rings is 2. The Balaban J connectivity index is 1.77. The van der Waals surface area contributed by atoms with Gasteiger partial charge in [-0.05, 0) is 42.9 Å². The molecular weight excluding hydrogens is 298 g/mol. The van der Waals surface area contributed by atoms with Gasteiger partial charge in [0.1, 0.15) is 5.75 Å². The maximum atomic E-state index is 12.1. The molecule has 2 aromatic rings. The topological polar surface area (TPSA) is 38.3 Å². The number of hydrogen-bond acceptors (Lipinski definition) is 2. The molecule has 0 saturated carbocycles. The Labute approximate surface area is 145 Å². The first-order valence-electron chi connectivity index (χ1n) is 8.61. The second-order valence-corrected chi connectivity index (χ2v) is 6.47. The number of rotatable bonds is 8. The van der Waals surface area contributed by atoms with E-state index in [1.807, 2.05) is 49.4 Å². The van der Waals surface area contributed by atoms with Crippen LogP contribution in [0, 0.1) is 0 Å². The molecule has 24 heavy (non-hydrogen) atoms. The molecular formula is C21H27NO2. The molecule has 0 aliphatic heterocycles. The number of amides is 1. The fraction of sp³-hybridized carbons (Fsp3) is 0.381. The molecule has 3 heteroatoms. The lowest BCUT2D eigenvalue weighted by atomic mass is 10.0. The predicted molar refractivity (Wildman–Crippen MR) is 98.4 cm³/mol. The van der Waals surface area contributed by atoms with Crippen LogP contribution < -0.4 is 10.1 Å². The van der Waals surface area contributed by atoms with Gasteiger partial charge < -0.3 is 10.1 Å². The average Bonchev–Trinajstić information content (AvgIpc) is 2.59. The lowest BCUT2D eigenvalue weighted by molar-refractivity contribution is -0.123. The number of para-hydroxylation sites is 1. The summed E-state index contributed by atoms with van der Waals surface area (Å²) in [6, 6.07) is 18.3. The molecule has 1 N–H and O–H groups in total. The van der Waals surface area contributed by atoms with Crippen molar-refractivity contribution in [2.45, 2.75) is 45.6 Å². The van der Waals surface area contributed by atoms with E-state index >= 15 is 0 Å². The number of aryl methyl sites for hydroxylation is 1. The van der Waals surface area contributed by atoms with Crippen LogP contribution in [0.4, 0.5) is 0 Å². The van der Waals surface area contributed by atoms with Crippen LogP contribution in [0.2, 0.25) is 0 Å². The van der Waals surface area contributed by atoms with Crippen LogP contribution in [0.3, 0.4) is 0 Å². The van der Waals surface area contributed by atoms with E-state index in [2.05, 4.69) is 31.3 Å². The zero-order valence-electron chi connectivity index (χ0n) is 14.8. The predicted octanol–water partition coefficient (Wildman–Crippen LogP) is 4.33. The normalized spacial score (nSPS) is 12.0. The summed E-state index contributed by atoms with van der Waals surface area (Å²) in [7, 11) is 0. The molecule has 1 atom stereocenters. The van der Waals surface area contributed by atoms with Crippen LogP contribution >= 0.6 is 0 Å². The Morgan fingerprint density at radius 3 is 2.38 bits per heavy atom. The van der Waals surface area contributed by atoms with Gasteiger partial charge in [-0.25, -0.2) is 0 Å². The van der Waals surface area contributed by atoms with Crippen molar-refractivity contribution < 1.29 is 9.53 Å². The fourth-order valence-electron chi connectivity index (χ4n) is 2.65. The molecule has 0 aliphatic carbocycles. The molecule has 0 spiro atoms. The van der Waals surface area contributed by atoms with Gasteiger partial charge >= 0.3 is 0 Å². The highest BCUT2D eigenvalue weighted by molar-refractivity contribution is 5.77. The van der Waals surface area contributed by atoms with Gasteiger partial charge in [0.15, 0.2) is 6.61 Å². The Morgan fingerprint density at radius 2 is 1.67 bits per heavy atom. The molecule has 0 saturated heterocycles. The van der Waals surface area contributed by atoms with Crippen LogP contribution in [0.25, 0.3) is 0 Å². The van der Waals surface area contributed by atoms with Crippen LogP contribution in [-0.2, 0) is 11.2 Å². The van der Waals surface area contributed by atoms with E-state index in [0.29, 0.717) is 5.92 Å². The van der Waals surface area contributed by atoms with Crippen molar-refractivity contribution in [1.29, 1.82) is 0 Å². The smallest absolute Gasteiger partial charge is 0.258 e. The first kappa shape index (κ1) is 18.1. The SMILES string of the molecule is CC(C)c1ccccc1OCC(=O)N[C@@H](C)CCc1ccccc1. The molecule has 0 fully saturated rings. The third kappa shape index (κ3) is 5.73. The minimum absolute atomic E-state index is 0.0550. The first-order chi connectivity index (χ1) is 11.6. The second-order valence-electron chi connectivity index (χ2n) is 6.47. The largest absolute Gasteiger partial charge is 0.483 e. The molecule has 0 bridgehead atoms. The summed E-state index contributed by atoms with van der Waals surface area (Å²) in [6.45, 7) is 6.32. The minimum Gasteiger partial charge on any atom is -0.483 e. The monoisotopic (exact) mass is 325 g/mol. The Bertz CT molecular complexity index is 637. The van der Waals surface area contributed by atoms with Crippen molar-refractivity contribution in [2.24, 2.45) is 0 Å². The van der Waals surface area contributed by atoms with Gasteiger partial charge in [-0.1, -0.05) is 62.4 Å². The Kier molecular flexibility index (Phi) is 6.86. The van der Waals surface area contributed by atoms with E-state index in [9.17, 15) is 4.79 Å². The summed E-state index contributed by atoms with van der Waals surface area (Å²) < 4.78 is 5.71. The highest BCUT2D eigenvalue weighted by atomic mass is 16.5.